The topological polar surface area (TPSA) is 63.7 Å². The predicted molar refractivity (Wildman–Crippen MR) is 94.2 cm³/mol. The van der Waals surface area contributed by atoms with E-state index in [0.29, 0.717) is 12.5 Å². The van der Waals surface area contributed by atoms with Crippen molar-refractivity contribution in [3.8, 4) is 0 Å². The van der Waals surface area contributed by atoms with Crippen LogP contribution in [0.5, 0.6) is 0 Å². The molecule has 1 heterocycles. The molecule has 6 heteroatoms. The zero-order valence-electron chi connectivity index (χ0n) is 14.9. The van der Waals surface area contributed by atoms with E-state index in [1.54, 1.807) is 29.2 Å². The first-order chi connectivity index (χ1) is 11.0. The molecule has 0 saturated heterocycles. The van der Waals surface area contributed by atoms with Crippen molar-refractivity contribution in [2.24, 2.45) is 5.92 Å². The number of benzene rings is 1. The van der Waals surface area contributed by atoms with Gasteiger partial charge in [0.15, 0.2) is 9.84 Å². The van der Waals surface area contributed by atoms with Crippen molar-refractivity contribution in [2.75, 3.05) is 12.8 Å². The van der Waals surface area contributed by atoms with Crippen LogP contribution in [0.2, 0.25) is 0 Å². The molecule has 0 N–H and O–H groups in total. The van der Waals surface area contributed by atoms with Gasteiger partial charge in [0.25, 0.3) is 0 Å². The quantitative estimate of drug-likeness (QED) is 0.815. The lowest BCUT2D eigenvalue weighted by molar-refractivity contribution is 0.0327. The molecule has 1 aromatic carbocycles. The first kappa shape index (κ1) is 18.5. The zero-order chi connectivity index (χ0) is 18.1. The molecule has 24 heavy (non-hydrogen) atoms. The Bertz CT molecular complexity index is 742. The lowest BCUT2D eigenvalue weighted by Crippen LogP contribution is -2.39. The van der Waals surface area contributed by atoms with Crippen molar-refractivity contribution in [1.29, 1.82) is 0 Å². The van der Waals surface area contributed by atoms with Crippen LogP contribution >= 0.6 is 0 Å². The number of hydrogen-bond acceptors (Lipinski definition) is 4. The smallest absolute Gasteiger partial charge is 0.414 e. The highest BCUT2D eigenvalue weighted by atomic mass is 32.2. The van der Waals surface area contributed by atoms with Crippen LogP contribution in [0.25, 0.3) is 5.70 Å². The van der Waals surface area contributed by atoms with Crippen LogP contribution < -0.4 is 0 Å². The van der Waals surface area contributed by atoms with Gasteiger partial charge in [-0.05, 0) is 50.8 Å². The molecule has 132 valence electrons. The van der Waals surface area contributed by atoms with E-state index >= 15 is 0 Å². The molecule has 0 aliphatic carbocycles. The highest BCUT2D eigenvalue weighted by Crippen LogP contribution is 2.29. The van der Waals surface area contributed by atoms with Gasteiger partial charge in [0, 0.05) is 12.8 Å². The molecular weight excluding hydrogens is 326 g/mol. The third-order valence-electron chi connectivity index (χ3n) is 3.69. The second-order valence-electron chi connectivity index (χ2n) is 7.32. The maximum atomic E-state index is 12.5. The third kappa shape index (κ3) is 4.60. The van der Waals surface area contributed by atoms with E-state index < -0.39 is 15.4 Å². The molecule has 0 fully saturated rings. The molecule has 1 aliphatic heterocycles. The standard InChI is InChI=1S/C18H25NO4S/c1-13-6-11-16(19(12-13)17(20)23-18(2,3)4)14-7-9-15(10-8-14)24(5,21)22/h7-11,13H,6,12H2,1-5H3. The van der Waals surface area contributed by atoms with Crippen molar-refractivity contribution in [3.63, 3.8) is 0 Å². The summed E-state index contributed by atoms with van der Waals surface area (Å²) in [5.74, 6) is 0.344. The monoisotopic (exact) mass is 351 g/mol. The second-order valence-corrected chi connectivity index (χ2v) is 9.33. The van der Waals surface area contributed by atoms with Crippen LogP contribution in [0, 0.1) is 5.92 Å². The normalized spacial score (nSPS) is 19.0. The molecule has 0 saturated carbocycles. The molecule has 5 nitrogen and oxygen atoms in total. The molecular formula is C18H25NO4S. The summed E-state index contributed by atoms with van der Waals surface area (Å²) in [6.07, 6.45) is 3.67. The van der Waals surface area contributed by atoms with Gasteiger partial charge in [-0.1, -0.05) is 25.1 Å². The number of carbonyl (C=O) groups is 1. The van der Waals surface area contributed by atoms with E-state index in [4.69, 9.17) is 4.74 Å². The maximum absolute atomic E-state index is 12.5. The van der Waals surface area contributed by atoms with Crippen molar-refractivity contribution >= 4 is 21.6 Å². The fraction of sp³-hybridized carbons (Fsp3) is 0.500. The van der Waals surface area contributed by atoms with Crippen molar-refractivity contribution in [2.45, 2.75) is 44.6 Å². The summed E-state index contributed by atoms with van der Waals surface area (Å²) in [4.78, 5) is 14.4. The van der Waals surface area contributed by atoms with Gasteiger partial charge in [-0.25, -0.2) is 13.2 Å². The largest absolute Gasteiger partial charge is 0.443 e. The first-order valence-electron chi connectivity index (χ1n) is 7.98. The van der Waals surface area contributed by atoms with Gasteiger partial charge in [0.2, 0.25) is 0 Å². The average molecular weight is 351 g/mol. The Morgan fingerprint density at radius 2 is 1.79 bits per heavy atom. The summed E-state index contributed by atoms with van der Waals surface area (Å²) in [5.41, 5.74) is 1.01. The van der Waals surface area contributed by atoms with Gasteiger partial charge in [-0.2, -0.15) is 0 Å². The van der Waals surface area contributed by atoms with E-state index in [-0.39, 0.29) is 11.0 Å². The van der Waals surface area contributed by atoms with Gasteiger partial charge in [-0.15, -0.1) is 0 Å². The van der Waals surface area contributed by atoms with Crippen LogP contribution in [-0.2, 0) is 14.6 Å². The lowest BCUT2D eigenvalue weighted by Gasteiger charge is -2.34. The Kier molecular flexibility index (Phi) is 5.08. The molecule has 2 rings (SSSR count). The lowest BCUT2D eigenvalue weighted by atomic mass is 9.98. The van der Waals surface area contributed by atoms with Gasteiger partial charge in [-0.3, -0.25) is 4.90 Å². The zero-order valence-corrected chi connectivity index (χ0v) is 15.7. The molecule has 0 spiro atoms. The Balaban J connectivity index is 2.33. The fourth-order valence-corrected chi connectivity index (χ4v) is 3.17. The summed E-state index contributed by atoms with van der Waals surface area (Å²) < 4.78 is 28.7. The van der Waals surface area contributed by atoms with Crippen molar-refractivity contribution in [1.82, 2.24) is 4.90 Å². The Labute approximate surface area is 144 Å². The fourth-order valence-electron chi connectivity index (χ4n) is 2.54. The Hall–Kier alpha value is -1.82. The van der Waals surface area contributed by atoms with Crippen molar-refractivity contribution < 1.29 is 17.9 Å². The van der Waals surface area contributed by atoms with Crippen LogP contribution in [0.15, 0.2) is 35.2 Å². The minimum atomic E-state index is -3.24. The number of sulfone groups is 1. The van der Waals surface area contributed by atoms with E-state index in [2.05, 4.69) is 6.92 Å². The summed E-state index contributed by atoms with van der Waals surface area (Å²) >= 11 is 0. The Morgan fingerprint density at radius 3 is 2.29 bits per heavy atom. The minimum Gasteiger partial charge on any atom is -0.443 e. The molecule has 0 aromatic heterocycles. The number of rotatable bonds is 2. The highest BCUT2D eigenvalue weighted by Gasteiger charge is 2.29. The highest BCUT2D eigenvalue weighted by molar-refractivity contribution is 7.90. The molecule has 0 bridgehead atoms. The third-order valence-corrected chi connectivity index (χ3v) is 4.82. The molecule has 1 amide bonds. The summed E-state index contributed by atoms with van der Waals surface area (Å²) in [6, 6.07) is 6.60. The molecule has 1 atom stereocenters. The van der Waals surface area contributed by atoms with E-state index in [1.807, 2.05) is 26.8 Å². The molecule has 1 aromatic rings. The van der Waals surface area contributed by atoms with Gasteiger partial charge in [0.1, 0.15) is 5.60 Å². The average Bonchev–Trinajstić information content (AvgIpc) is 2.44. The van der Waals surface area contributed by atoms with Crippen LogP contribution in [0.3, 0.4) is 0 Å². The number of allylic oxidation sites excluding steroid dienone is 1. The van der Waals surface area contributed by atoms with Gasteiger partial charge >= 0.3 is 6.09 Å². The Morgan fingerprint density at radius 1 is 1.21 bits per heavy atom. The first-order valence-corrected chi connectivity index (χ1v) is 9.88. The number of nitrogens with zero attached hydrogens (tertiary/aromatic N) is 1. The number of ether oxygens (including phenoxy) is 1. The number of amides is 1. The van der Waals surface area contributed by atoms with Crippen LogP contribution in [-0.4, -0.2) is 37.8 Å². The van der Waals surface area contributed by atoms with Crippen LogP contribution in [0.1, 0.15) is 39.7 Å². The van der Waals surface area contributed by atoms with Gasteiger partial charge < -0.3 is 4.74 Å². The van der Waals surface area contributed by atoms with Crippen molar-refractivity contribution in [3.05, 3.63) is 35.9 Å². The number of hydrogen-bond donors (Lipinski definition) is 0. The molecule has 1 aliphatic rings. The summed E-state index contributed by atoms with van der Waals surface area (Å²) in [5, 5.41) is 0. The molecule has 0 radical (unpaired) electrons. The van der Waals surface area contributed by atoms with E-state index in [9.17, 15) is 13.2 Å². The maximum Gasteiger partial charge on any atom is 0.414 e. The SMILES string of the molecule is CC1CC=C(c2ccc(S(C)(=O)=O)cc2)N(C(=O)OC(C)(C)C)C1. The predicted octanol–water partition coefficient (Wildman–Crippen LogP) is 3.71. The second kappa shape index (κ2) is 6.59. The minimum absolute atomic E-state index is 0.264. The summed E-state index contributed by atoms with van der Waals surface area (Å²) in [6.45, 7) is 8.17. The summed E-state index contributed by atoms with van der Waals surface area (Å²) in [7, 11) is -3.24. The van der Waals surface area contributed by atoms with Crippen LogP contribution in [0.4, 0.5) is 4.79 Å². The van der Waals surface area contributed by atoms with Gasteiger partial charge in [0.05, 0.1) is 10.6 Å². The molecule has 1 unspecified atom stereocenters. The van der Waals surface area contributed by atoms with E-state index in [0.717, 1.165) is 17.7 Å². The number of carbonyl (C=O) groups excluding carboxylic acids is 1. The van der Waals surface area contributed by atoms with E-state index in [1.165, 1.54) is 6.26 Å².